The van der Waals surface area contributed by atoms with E-state index in [0.717, 1.165) is 41.8 Å². The van der Waals surface area contributed by atoms with Gasteiger partial charge in [0.15, 0.2) is 0 Å². The summed E-state index contributed by atoms with van der Waals surface area (Å²) in [6.07, 6.45) is 2.16. The molecule has 0 amide bonds. The number of halogens is 1. The van der Waals surface area contributed by atoms with E-state index in [1.54, 1.807) is 0 Å². The molecule has 1 aromatic carbocycles. The molecule has 0 spiro atoms. The lowest BCUT2D eigenvalue weighted by molar-refractivity contribution is 0.155. The molecular formula is C16H22BrNO2. The highest BCUT2D eigenvalue weighted by Crippen LogP contribution is 2.33. The minimum absolute atomic E-state index is 0.342. The van der Waals surface area contributed by atoms with Gasteiger partial charge < -0.3 is 14.8 Å². The number of hydrogen-bond donors (Lipinski definition) is 1. The summed E-state index contributed by atoms with van der Waals surface area (Å²) in [4.78, 5) is 0. The maximum atomic E-state index is 5.81. The second-order valence-corrected chi connectivity index (χ2v) is 6.10. The highest BCUT2D eigenvalue weighted by atomic mass is 79.9. The van der Waals surface area contributed by atoms with E-state index in [1.165, 1.54) is 5.56 Å². The molecule has 0 aliphatic carbocycles. The lowest BCUT2D eigenvalue weighted by Gasteiger charge is -2.18. The fraction of sp³-hybridized carbons (Fsp3) is 0.500. The Morgan fingerprint density at radius 1 is 1.55 bits per heavy atom. The SMILES string of the molecule is C=C(C)COCCNC1CCCOc2cc(Br)ccc21. The minimum atomic E-state index is 0.342. The van der Waals surface area contributed by atoms with Crippen molar-refractivity contribution in [2.75, 3.05) is 26.4 Å². The van der Waals surface area contributed by atoms with Crippen molar-refractivity contribution in [3.05, 3.63) is 40.4 Å². The number of nitrogens with one attached hydrogen (secondary N) is 1. The first kappa shape index (κ1) is 15.5. The van der Waals surface area contributed by atoms with Crippen molar-refractivity contribution in [3.63, 3.8) is 0 Å². The molecule has 1 N–H and O–H groups in total. The van der Waals surface area contributed by atoms with E-state index in [1.807, 2.05) is 13.0 Å². The number of benzene rings is 1. The first-order chi connectivity index (χ1) is 9.66. The lowest BCUT2D eigenvalue weighted by atomic mass is 10.0. The topological polar surface area (TPSA) is 30.5 Å². The minimum Gasteiger partial charge on any atom is -0.493 e. The molecule has 1 aromatic rings. The molecule has 1 atom stereocenters. The van der Waals surface area contributed by atoms with Gasteiger partial charge in [0.25, 0.3) is 0 Å². The number of rotatable bonds is 6. The smallest absolute Gasteiger partial charge is 0.125 e. The van der Waals surface area contributed by atoms with E-state index in [4.69, 9.17) is 9.47 Å². The van der Waals surface area contributed by atoms with E-state index < -0.39 is 0 Å². The van der Waals surface area contributed by atoms with Gasteiger partial charge in [0, 0.05) is 22.6 Å². The maximum Gasteiger partial charge on any atom is 0.125 e. The average Bonchev–Trinajstić information content (AvgIpc) is 2.60. The Morgan fingerprint density at radius 3 is 3.20 bits per heavy atom. The molecule has 0 aromatic heterocycles. The third kappa shape index (κ3) is 4.62. The molecule has 2 rings (SSSR count). The zero-order chi connectivity index (χ0) is 14.4. The maximum absolute atomic E-state index is 5.81. The van der Waals surface area contributed by atoms with Gasteiger partial charge in [-0.2, -0.15) is 0 Å². The second kappa shape index (κ2) is 7.81. The molecule has 20 heavy (non-hydrogen) atoms. The van der Waals surface area contributed by atoms with Crippen LogP contribution in [-0.4, -0.2) is 26.4 Å². The molecule has 0 fully saturated rings. The largest absolute Gasteiger partial charge is 0.493 e. The zero-order valence-electron chi connectivity index (χ0n) is 12.0. The number of ether oxygens (including phenoxy) is 2. The molecule has 1 unspecified atom stereocenters. The highest BCUT2D eigenvalue weighted by Gasteiger charge is 2.19. The van der Waals surface area contributed by atoms with Gasteiger partial charge in [-0.3, -0.25) is 0 Å². The van der Waals surface area contributed by atoms with E-state index in [-0.39, 0.29) is 0 Å². The van der Waals surface area contributed by atoms with Crippen molar-refractivity contribution < 1.29 is 9.47 Å². The van der Waals surface area contributed by atoms with Crippen molar-refractivity contribution in [1.82, 2.24) is 5.32 Å². The molecule has 0 saturated heterocycles. The van der Waals surface area contributed by atoms with Gasteiger partial charge in [0.05, 0.1) is 19.8 Å². The van der Waals surface area contributed by atoms with Gasteiger partial charge >= 0.3 is 0 Å². The van der Waals surface area contributed by atoms with Crippen LogP contribution in [0.4, 0.5) is 0 Å². The summed E-state index contributed by atoms with van der Waals surface area (Å²) >= 11 is 3.49. The second-order valence-electron chi connectivity index (χ2n) is 5.19. The monoisotopic (exact) mass is 339 g/mol. The fourth-order valence-corrected chi connectivity index (χ4v) is 2.65. The van der Waals surface area contributed by atoms with Crippen molar-refractivity contribution >= 4 is 15.9 Å². The Kier molecular flexibility index (Phi) is 6.07. The van der Waals surface area contributed by atoms with E-state index in [0.29, 0.717) is 19.3 Å². The molecule has 0 saturated carbocycles. The van der Waals surface area contributed by atoms with Crippen LogP contribution in [0.15, 0.2) is 34.8 Å². The van der Waals surface area contributed by atoms with Gasteiger partial charge in [0.1, 0.15) is 5.75 Å². The quantitative estimate of drug-likeness (QED) is 0.630. The summed E-state index contributed by atoms with van der Waals surface area (Å²) in [5.41, 5.74) is 2.30. The standard InChI is InChI=1S/C16H22BrNO2/c1-12(2)11-19-9-7-18-15-4-3-8-20-16-10-13(17)5-6-14(15)16/h5-6,10,15,18H,1,3-4,7-9,11H2,2H3. The Hall–Kier alpha value is -0.840. The van der Waals surface area contributed by atoms with Gasteiger partial charge in [0.2, 0.25) is 0 Å². The third-order valence-corrected chi connectivity index (χ3v) is 3.72. The lowest BCUT2D eigenvalue weighted by Crippen LogP contribution is -2.25. The summed E-state index contributed by atoms with van der Waals surface area (Å²) in [6, 6.07) is 6.60. The molecule has 1 aliphatic heterocycles. The summed E-state index contributed by atoms with van der Waals surface area (Å²) in [5.74, 6) is 0.984. The average molecular weight is 340 g/mol. The van der Waals surface area contributed by atoms with E-state index >= 15 is 0 Å². The normalized spacial score (nSPS) is 18.0. The van der Waals surface area contributed by atoms with Gasteiger partial charge in [-0.25, -0.2) is 0 Å². The van der Waals surface area contributed by atoms with Crippen LogP contribution in [0, 0.1) is 0 Å². The van der Waals surface area contributed by atoms with Gasteiger partial charge in [-0.15, -0.1) is 0 Å². The zero-order valence-corrected chi connectivity index (χ0v) is 13.5. The highest BCUT2D eigenvalue weighted by molar-refractivity contribution is 9.10. The Balaban J connectivity index is 1.90. The van der Waals surface area contributed by atoms with Crippen molar-refractivity contribution in [3.8, 4) is 5.75 Å². The van der Waals surface area contributed by atoms with Crippen LogP contribution in [0.25, 0.3) is 0 Å². The summed E-state index contributed by atoms with van der Waals surface area (Å²) < 4.78 is 12.4. The predicted molar refractivity (Wildman–Crippen MR) is 85.2 cm³/mol. The number of fused-ring (bicyclic) bond motifs is 1. The molecule has 1 heterocycles. The van der Waals surface area contributed by atoms with Crippen LogP contribution in [0.5, 0.6) is 5.75 Å². The molecule has 3 nitrogen and oxygen atoms in total. The van der Waals surface area contributed by atoms with Crippen molar-refractivity contribution in [1.29, 1.82) is 0 Å². The van der Waals surface area contributed by atoms with Crippen molar-refractivity contribution in [2.45, 2.75) is 25.8 Å². The van der Waals surface area contributed by atoms with Crippen LogP contribution in [0.1, 0.15) is 31.4 Å². The Morgan fingerprint density at radius 2 is 2.40 bits per heavy atom. The van der Waals surface area contributed by atoms with Crippen LogP contribution in [0.3, 0.4) is 0 Å². The Labute approximate surface area is 129 Å². The Bertz CT molecular complexity index is 462. The first-order valence-corrected chi connectivity index (χ1v) is 7.84. The third-order valence-electron chi connectivity index (χ3n) is 3.23. The summed E-state index contributed by atoms with van der Waals surface area (Å²) in [6.45, 7) is 8.77. The fourth-order valence-electron chi connectivity index (χ4n) is 2.31. The van der Waals surface area contributed by atoms with E-state index in [2.05, 4.69) is 40.0 Å². The van der Waals surface area contributed by atoms with Crippen molar-refractivity contribution in [2.24, 2.45) is 0 Å². The van der Waals surface area contributed by atoms with Gasteiger partial charge in [-0.1, -0.05) is 34.1 Å². The summed E-state index contributed by atoms with van der Waals surface area (Å²) in [7, 11) is 0. The number of hydrogen-bond acceptors (Lipinski definition) is 3. The molecule has 1 aliphatic rings. The summed E-state index contributed by atoms with van der Waals surface area (Å²) in [5, 5.41) is 3.56. The van der Waals surface area contributed by atoms with Crippen LogP contribution >= 0.6 is 15.9 Å². The molecule has 0 bridgehead atoms. The van der Waals surface area contributed by atoms with Crippen LogP contribution in [0.2, 0.25) is 0 Å². The molecule has 0 radical (unpaired) electrons. The van der Waals surface area contributed by atoms with Crippen LogP contribution in [-0.2, 0) is 4.74 Å². The molecular weight excluding hydrogens is 318 g/mol. The first-order valence-electron chi connectivity index (χ1n) is 7.04. The molecule has 110 valence electrons. The van der Waals surface area contributed by atoms with E-state index in [9.17, 15) is 0 Å². The predicted octanol–water partition coefficient (Wildman–Crippen LogP) is 3.85. The van der Waals surface area contributed by atoms with Crippen LogP contribution < -0.4 is 10.1 Å². The molecule has 4 heteroatoms. The van der Waals surface area contributed by atoms with Gasteiger partial charge in [-0.05, 0) is 31.9 Å².